The number of amides is 1. The SMILES string of the molecule is CN=C(NCc1cccc(NC(=O)C2CCC2)c1)NCc1ccc(OC)cc1OC. The third kappa shape index (κ3) is 5.65. The maximum absolute atomic E-state index is 12.2. The number of hydrogen-bond donors (Lipinski definition) is 3. The number of nitrogens with zero attached hydrogens (tertiary/aromatic N) is 1. The van der Waals surface area contributed by atoms with Crippen molar-refractivity contribution in [2.24, 2.45) is 10.9 Å². The van der Waals surface area contributed by atoms with E-state index in [0.717, 1.165) is 47.6 Å². The van der Waals surface area contributed by atoms with Crippen LogP contribution >= 0.6 is 0 Å². The summed E-state index contributed by atoms with van der Waals surface area (Å²) in [5.74, 6) is 2.48. The first-order chi connectivity index (χ1) is 14.6. The molecule has 3 N–H and O–H groups in total. The number of carbonyl (C=O) groups is 1. The highest BCUT2D eigenvalue weighted by Gasteiger charge is 2.25. The molecule has 0 saturated heterocycles. The smallest absolute Gasteiger partial charge is 0.227 e. The number of rotatable bonds is 8. The molecule has 2 aromatic carbocycles. The van der Waals surface area contributed by atoms with Gasteiger partial charge in [-0.3, -0.25) is 9.79 Å². The van der Waals surface area contributed by atoms with Gasteiger partial charge in [-0.1, -0.05) is 18.6 Å². The normalized spacial score (nSPS) is 13.9. The fourth-order valence-electron chi connectivity index (χ4n) is 3.26. The Morgan fingerprint density at radius 3 is 2.53 bits per heavy atom. The Balaban J connectivity index is 1.53. The van der Waals surface area contributed by atoms with Crippen LogP contribution in [0.1, 0.15) is 30.4 Å². The average Bonchev–Trinajstić information content (AvgIpc) is 2.72. The predicted octanol–water partition coefficient (Wildman–Crippen LogP) is 3.31. The van der Waals surface area contributed by atoms with Crippen LogP contribution in [0.5, 0.6) is 11.5 Å². The van der Waals surface area contributed by atoms with Gasteiger partial charge >= 0.3 is 0 Å². The van der Waals surface area contributed by atoms with Crippen molar-refractivity contribution < 1.29 is 14.3 Å². The number of methoxy groups -OCH3 is 2. The van der Waals surface area contributed by atoms with Crippen molar-refractivity contribution in [3.63, 3.8) is 0 Å². The highest BCUT2D eigenvalue weighted by Crippen LogP contribution is 2.27. The molecule has 1 fully saturated rings. The molecule has 0 heterocycles. The van der Waals surface area contributed by atoms with Crippen LogP contribution in [0.4, 0.5) is 5.69 Å². The second-order valence-corrected chi connectivity index (χ2v) is 7.27. The number of guanidine groups is 1. The molecule has 1 aliphatic rings. The summed E-state index contributed by atoms with van der Waals surface area (Å²) >= 11 is 0. The van der Waals surface area contributed by atoms with E-state index >= 15 is 0 Å². The minimum atomic E-state index is 0.122. The lowest BCUT2D eigenvalue weighted by Crippen LogP contribution is -2.36. The summed E-state index contributed by atoms with van der Waals surface area (Å²) in [7, 11) is 5.00. The van der Waals surface area contributed by atoms with Crippen LogP contribution in [0.25, 0.3) is 0 Å². The number of aliphatic imine (C=N–C) groups is 1. The van der Waals surface area contributed by atoms with Crippen LogP contribution < -0.4 is 25.4 Å². The predicted molar refractivity (Wildman–Crippen MR) is 119 cm³/mol. The monoisotopic (exact) mass is 410 g/mol. The molecule has 30 heavy (non-hydrogen) atoms. The summed E-state index contributed by atoms with van der Waals surface area (Å²) in [6, 6.07) is 13.6. The van der Waals surface area contributed by atoms with E-state index < -0.39 is 0 Å². The molecular formula is C23H30N4O3. The van der Waals surface area contributed by atoms with Gasteiger partial charge in [-0.2, -0.15) is 0 Å². The molecule has 7 heteroatoms. The molecule has 0 unspecified atom stereocenters. The first-order valence-corrected chi connectivity index (χ1v) is 10.2. The average molecular weight is 411 g/mol. The molecule has 3 rings (SSSR count). The molecule has 1 saturated carbocycles. The van der Waals surface area contributed by atoms with Gasteiger partial charge in [-0.05, 0) is 42.7 Å². The third-order valence-corrected chi connectivity index (χ3v) is 5.29. The van der Waals surface area contributed by atoms with Gasteiger partial charge in [-0.25, -0.2) is 0 Å². The Morgan fingerprint density at radius 1 is 1.07 bits per heavy atom. The quantitative estimate of drug-likeness (QED) is 0.459. The number of benzene rings is 2. The zero-order chi connectivity index (χ0) is 21.3. The maximum Gasteiger partial charge on any atom is 0.227 e. The van der Waals surface area contributed by atoms with E-state index in [0.29, 0.717) is 19.0 Å². The fourth-order valence-corrected chi connectivity index (χ4v) is 3.26. The lowest BCUT2D eigenvalue weighted by Gasteiger charge is -2.24. The zero-order valence-electron chi connectivity index (χ0n) is 17.8. The molecule has 1 amide bonds. The molecule has 1 aliphatic carbocycles. The van der Waals surface area contributed by atoms with Crippen LogP contribution in [-0.4, -0.2) is 33.1 Å². The first-order valence-electron chi connectivity index (χ1n) is 10.2. The number of nitrogens with one attached hydrogen (secondary N) is 3. The lowest BCUT2D eigenvalue weighted by atomic mass is 9.85. The molecule has 0 spiro atoms. The standard InChI is InChI=1S/C23H30N4O3/c1-24-23(26-15-18-10-11-20(29-2)13-21(18)30-3)25-14-16-6-4-9-19(12-16)27-22(28)17-7-5-8-17/h4,6,9-13,17H,5,7-8,14-15H2,1-3H3,(H,27,28)(H2,24,25,26). The van der Waals surface area contributed by atoms with E-state index in [1.165, 1.54) is 0 Å². The van der Waals surface area contributed by atoms with Gasteiger partial charge in [0.1, 0.15) is 11.5 Å². The topological polar surface area (TPSA) is 84.0 Å². The molecule has 0 atom stereocenters. The van der Waals surface area contributed by atoms with Gasteiger partial charge in [0.15, 0.2) is 5.96 Å². The summed E-state index contributed by atoms with van der Waals surface area (Å²) in [6.07, 6.45) is 3.14. The number of carbonyl (C=O) groups excluding carboxylic acids is 1. The number of anilines is 1. The Morgan fingerprint density at radius 2 is 1.87 bits per heavy atom. The van der Waals surface area contributed by atoms with Crippen LogP contribution in [0.3, 0.4) is 0 Å². The Kier molecular flexibility index (Phi) is 7.54. The molecule has 0 aromatic heterocycles. The molecular weight excluding hydrogens is 380 g/mol. The van der Waals surface area contributed by atoms with E-state index in [4.69, 9.17) is 9.47 Å². The van der Waals surface area contributed by atoms with Gasteiger partial charge in [0.2, 0.25) is 5.91 Å². The lowest BCUT2D eigenvalue weighted by molar-refractivity contribution is -0.122. The minimum absolute atomic E-state index is 0.122. The number of ether oxygens (including phenoxy) is 2. The Hall–Kier alpha value is -3.22. The van der Waals surface area contributed by atoms with Gasteiger partial charge in [-0.15, -0.1) is 0 Å². The second kappa shape index (κ2) is 10.5. The Labute approximate surface area is 177 Å². The highest BCUT2D eigenvalue weighted by molar-refractivity contribution is 5.93. The molecule has 7 nitrogen and oxygen atoms in total. The van der Waals surface area contributed by atoms with Gasteiger partial charge in [0, 0.05) is 43.4 Å². The van der Waals surface area contributed by atoms with Crippen molar-refractivity contribution in [1.29, 1.82) is 0 Å². The summed E-state index contributed by atoms with van der Waals surface area (Å²) in [5.41, 5.74) is 2.89. The summed E-state index contributed by atoms with van der Waals surface area (Å²) < 4.78 is 10.7. The van der Waals surface area contributed by atoms with Crippen molar-refractivity contribution in [3.05, 3.63) is 53.6 Å². The third-order valence-electron chi connectivity index (χ3n) is 5.29. The summed E-state index contributed by atoms with van der Waals surface area (Å²) in [6.45, 7) is 1.15. The molecule has 160 valence electrons. The molecule has 2 aromatic rings. The minimum Gasteiger partial charge on any atom is -0.497 e. The van der Waals surface area contributed by atoms with E-state index in [2.05, 4.69) is 20.9 Å². The van der Waals surface area contributed by atoms with Crippen LogP contribution in [0, 0.1) is 5.92 Å². The Bertz CT molecular complexity index is 894. The van der Waals surface area contributed by atoms with Gasteiger partial charge in [0.25, 0.3) is 0 Å². The first kappa shape index (κ1) is 21.5. The van der Waals surface area contributed by atoms with E-state index in [9.17, 15) is 4.79 Å². The van der Waals surface area contributed by atoms with Crippen LogP contribution in [0.15, 0.2) is 47.5 Å². The van der Waals surface area contributed by atoms with Crippen molar-refractivity contribution >= 4 is 17.6 Å². The summed E-state index contributed by atoms with van der Waals surface area (Å²) in [5, 5.41) is 9.61. The highest BCUT2D eigenvalue weighted by atomic mass is 16.5. The van der Waals surface area contributed by atoms with Gasteiger partial charge in [0.05, 0.1) is 14.2 Å². The van der Waals surface area contributed by atoms with Crippen molar-refractivity contribution in [2.75, 3.05) is 26.6 Å². The molecule has 0 radical (unpaired) electrons. The fraction of sp³-hybridized carbons (Fsp3) is 0.391. The number of hydrogen-bond acceptors (Lipinski definition) is 4. The molecule has 0 aliphatic heterocycles. The van der Waals surface area contributed by atoms with E-state index in [1.807, 2.05) is 42.5 Å². The largest absolute Gasteiger partial charge is 0.497 e. The van der Waals surface area contributed by atoms with Crippen molar-refractivity contribution in [3.8, 4) is 11.5 Å². The van der Waals surface area contributed by atoms with Crippen molar-refractivity contribution in [1.82, 2.24) is 10.6 Å². The van der Waals surface area contributed by atoms with E-state index in [1.54, 1.807) is 21.3 Å². The van der Waals surface area contributed by atoms with Crippen LogP contribution in [0.2, 0.25) is 0 Å². The van der Waals surface area contributed by atoms with E-state index in [-0.39, 0.29) is 11.8 Å². The molecule has 0 bridgehead atoms. The summed E-state index contributed by atoms with van der Waals surface area (Å²) in [4.78, 5) is 16.4. The zero-order valence-corrected chi connectivity index (χ0v) is 17.8. The maximum atomic E-state index is 12.2. The second-order valence-electron chi connectivity index (χ2n) is 7.27. The van der Waals surface area contributed by atoms with Gasteiger partial charge < -0.3 is 25.4 Å². The van der Waals surface area contributed by atoms with Crippen LogP contribution in [-0.2, 0) is 17.9 Å². The van der Waals surface area contributed by atoms with Crippen molar-refractivity contribution in [2.45, 2.75) is 32.4 Å².